The Balaban J connectivity index is 1.51. The van der Waals surface area contributed by atoms with Crippen LogP contribution in [0, 0.1) is 12.8 Å². The van der Waals surface area contributed by atoms with E-state index in [1.165, 1.54) is 5.56 Å². The molecule has 1 aromatic heterocycles. The van der Waals surface area contributed by atoms with Crippen molar-refractivity contribution >= 4 is 34.8 Å². The zero-order valence-corrected chi connectivity index (χ0v) is 21.5. The Morgan fingerprint density at radius 3 is 2.59 bits per heavy atom. The molecule has 8 heteroatoms. The second-order valence-corrected chi connectivity index (χ2v) is 10.7. The van der Waals surface area contributed by atoms with E-state index in [2.05, 4.69) is 46.2 Å². The van der Waals surface area contributed by atoms with Crippen molar-refractivity contribution in [2.45, 2.75) is 52.6 Å². The molecule has 1 fully saturated rings. The lowest BCUT2D eigenvalue weighted by Gasteiger charge is -2.40. The van der Waals surface area contributed by atoms with Gasteiger partial charge in [0.15, 0.2) is 0 Å². The Morgan fingerprint density at radius 2 is 1.91 bits per heavy atom. The van der Waals surface area contributed by atoms with Gasteiger partial charge in [-0.1, -0.05) is 46.1 Å². The maximum atomic E-state index is 13.7. The van der Waals surface area contributed by atoms with Crippen molar-refractivity contribution in [3.8, 4) is 11.4 Å². The first-order valence-electron chi connectivity index (χ1n) is 11.5. The third kappa shape index (κ3) is 5.56. The summed E-state index contributed by atoms with van der Waals surface area (Å²) in [4.78, 5) is 22.4. The van der Waals surface area contributed by atoms with Crippen molar-refractivity contribution in [3.63, 3.8) is 0 Å². The van der Waals surface area contributed by atoms with Crippen molar-refractivity contribution in [3.05, 3.63) is 64.0 Å². The minimum Gasteiger partial charge on any atom is -0.371 e. The first-order chi connectivity index (χ1) is 16.1. The molecule has 180 valence electrons. The van der Waals surface area contributed by atoms with Crippen LogP contribution in [0.2, 0.25) is 10.0 Å². The Bertz CT molecular complexity index is 1150. The van der Waals surface area contributed by atoms with Crippen LogP contribution >= 0.6 is 23.2 Å². The SMILES string of the molecule is Cc1ccc(N2CCC[C@H](C(=O)N(Cc3nc(-c4ccc(Cl)cc4Cl)no3)C(C)(C)C)C2)cc1. The standard InChI is InChI=1S/C26H30Cl2N4O2/c1-17-7-10-20(11-8-17)31-13-5-6-18(15-31)25(33)32(26(2,3)4)16-23-29-24(30-34-23)21-12-9-19(27)14-22(21)28/h7-12,14,18H,5-6,13,15-16H2,1-4H3/t18-/m0/s1. The lowest BCUT2D eigenvalue weighted by atomic mass is 9.93. The van der Waals surface area contributed by atoms with Gasteiger partial charge in [0.2, 0.25) is 17.6 Å². The predicted octanol–water partition coefficient (Wildman–Crippen LogP) is 6.40. The van der Waals surface area contributed by atoms with Crippen molar-refractivity contribution in [2.24, 2.45) is 5.92 Å². The van der Waals surface area contributed by atoms with Gasteiger partial charge in [0.1, 0.15) is 6.54 Å². The molecule has 3 aromatic rings. The molecule has 0 unspecified atom stereocenters. The quantitative estimate of drug-likeness (QED) is 0.405. The normalized spacial score (nSPS) is 16.5. The number of halogens is 2. The summed E-state index contributed by atoms with van der Waals surface area (Å²) in [6.45, 7) is 10.1. The molecule has 34 heavy (non-hydrogen) atoms. The first-order valence-corrected chi connectivity index (χ1v) is 12.3. The van der Waals surface area contributed by atoms with Crippen LogP contribution in [0.15, 0.2) is 47.0 Å². The third-order valence-corrected chi connectivity index (χ3v) is 6.73. The maximum Gasteiger partial charge on any atom is 0.246 e. The van der Waals surface area contributed by atoms with Gasteiger partial charge < -0.3 is 14.3 Å². The van der Waals surface area contributed by atoms with Gasteiger partial charge in [0.25, 0.3) is 0 Å². The Morgan fingerprint density at radius 1 is 1.18 bits per heavy atom. The molecule has 2 heterocycles. The van der Waals surface area contributed by atoms with Crippen molar-refractivity contribution in [1.82, 2.24) is 15.0 Å². The van der Waals surface area contributed by atoms with Crippen LogP contribution in [0.25, 0.3) is 11.4 Å². The number of nitrogens with zero attached hydrogens (tertiary/aromatic N) is 4. The molecule has 1 amide bonds. The summed E-state index contributed by atoms with van der Waals surface area (Å²) in [5.74, 6) is 0.757. The van der Waals surface area contributed by atoms with Crippen LogP contribution in [-0.4, -0.2) is 39.6 Å². The maximum absolute atomic E-state index is 13.7. The summed E-state index contributed by atoms with van der Waals surface area (Å²) in [5, 5.41) is 5.07. The van der Waals surface area contributed by atoms with E-state index in [1.807, 2.05) is 25.7 Å². The van der Waals surface area contributed by atoms with Crippen LogP contribution in [0.5, 0.6) is 0 Å². The molecule has 0 N–H and O–H groups in total. The first kappa shape index (κ1) is 24.6. The third-order valence-electron chi connectivity index (χ3n) is 6.18. The summed E-state index contributed by atoms with van der Waals surface area (Å²) < 4.78 is 5.51. The van der Waals surface area contributed by atoms with E-state index in [9.17, 15) is 4.79 Å². The number of carbonyl (C=O) groups excluding carboxylic acids is 1. The van der Waals surface area contributed by atoms with E-state index in [4.69, 9.17) is 27.7 Å². The number of benzene rings is 2. The van der Waals surface area contributed by atoms with Gasteiger partial charge in [-0.2, -0.15) is 4.98 Å². The second kappa shape index (κ2) is 9.96. The second-order valence-electron chi connectivity index (χ2n) is 9.85. The van der Waals surface area contributed by atoms with Crippen LogP contribution < -0.4 is 4.90 Å². The number of anilines is 1. The largest absolute Gasteiger partial charge is 0.371 e. The summed E-state index contributed by atoms with van der Waals surface area (Å²) >= 11 is 12.3. The average Bonchev–Trinajstić information content (AvgIpc) is 3.25. The minimum atomic E-state index is -0.407. The van der Waals surface area contributed by atoms with Gasteiger partial charge in [0, 0.05) is 34.9 Å². The molecular weight excluding hydrogens is 471 g/mol. The molecule has 1 aliphatic heterocycles. The number of carbonyl (C=O) groups is 1. The number of amides is 1. The highest BCUT2D eigenvalue weighted by Crippen LogP contribution is 2.30. The molecule has 1 atom stereocenters. The highest BCUT2D eigenvalue weighted by molar-refractivity contribution is 6.36. The van der Waals surface area contributed by atoms with Crippen molar-refractivity contribution in [1.29, 1.82) is 0 Å². The van der Waals surface area contributed by atoms with E-state index in [-0.39, 0.29) is 18.4 Å². The fourth-order valence-electron chi connectivity index (χ4n) is 4.27. The van der Waals surface area contributed by atoms with Crippen molar-refractivity contribution in [2.75, 3.05) is 18.0 Å². The molecule has 0 saturated carbocycles. The number of piperidine rings is 1. The number of hydrogen-bond acceptors (Lipinski definition) is 5. The Labute approximate surface area is 210 Å². The fourth-order valence-corrected chi connectivity index (χ4v) is 4.76. The molecule has 0 radical (unpaired) electrons. The molecule has 1 aliphatic rings. The van der Waals surface area contributed by atoms with E-state index in [1.54, 1.807) is 18.2 Å². The molecule has 0 spiro atoms. The van der Waals surface area contributed by atoms with E-state index >= 15 is 0 Å². The number of hydrogen-bond donors (Lipinski definition) is 0. The summed E-state index contributed by atoms with van der Waals surface area (Å²) in [5.41, 5.74) is 2.61. The van der Waals surface area contributed by atoms with Gasteiger partial charge >= 0.3 is 0 Å². The summed E-state index contributed by atoms with van der Waals surface area (Å²) in [6, 6.07) is 13.6. The van der Waals surface area contributed by atoms with Crippen LogP contribution in [0.3, 0.4) is 0 Å². The summed E-state index contributed by atoms with van der Waals surface area (Å²) in [7, 11) is 0. The monoisotopic (exact) mass is 500 g/mol. The molecule has 0 aliphatic carbocycles. The van der Waals surface area contributed by atoms with Gasteiger partial charge in [-0.25, -0.2) is 0 Å². The summed E-state index contributed by atoms with van der Waals surface area (Å²) in [6.07, 6.45) is 1.84. The number of aromatic nitrogens is 2. The van der Waals surface area contributed by atoms with Crippen LogP contribution in [-0.2, 0) is 11.3 Å². The van der Waals surface area contributed by atoms with E-state index in [0.717, 1.165) is 25.1 Å². The van der Waals surface area contributed by atoms with Crippen molar-refractivity contribution < 1.29 is 9.32 Å². The van der Waals surface area contributed by atoms with Gasteiger partial charge in [0.05, 0.1) is 10.9 Å². The lowest BCUT2D eigenvalue weighted by Crippen LogP contribution is -2.51. The average molecular weight is 501 g/mol. The number of rotatable bonds is 5. The lowest BCUT2D eigenvalue weighted by molar-refractivity contribution is -0.142. The zero-order valence-electron chi connectivity index (χ0n) is 20.0. The molecule has 6 nitrogen and oxygen atoms in total. The molecule has 4 rings (SSSR count). The van der Waals surface area contributed by atoms with Gasteiger partial charge in [-0.15, -0.1) is 0 Å². The Kier molecular flexibility index (Phi) is 7.20. The highest BCUT2D eigenvalue weighted by Gasteiger charge is 2.35. The zero-order chi connectivity index (χ0) is 24.5. The topological polar surface area (TPSA) is 62.5 Å². The minimum absolute atomic E-state index is 0.0950. The fraction of sp³-hybridized carbons (Fsp3) is 0.423. The van der Waals surface area contributed by atoms with Gasteiger partial charge in [-0.05, 0) is 70.9 Å². The van der Waals surface area contributed by atoms with E-state index in [0.29, 0.717) is 33.9 Å². The molecule has 0 bridgehead atoms. The van der Waals surface area contributed by atoms with E-state index < -0.39 is 5.54 Å². The Hall–Kier alpha value is -2.57. The highest BCUT2D eigenvalue weighted by atomic mass is 35.5. The molecular formula is C26H30Cl2N4O2. The van der Waals surface area contributed by atoms with Gasteiger partial charge in [-0.3, -0.25) is 4.79 Å². The smallest absolute Gasteiger partial charge is 0.246 e. The molecule has 2 aromatic carbocycles. The van der Waals surface area contributed by atoms with Crippen LogP contribution in [0.1, 0.15) is 45.1 Å². The molecule has 1 saturated heterocycles. The number of aryl methyl sites for hydroxylation is 1. The van der Waals surface area contributed by atoms with Crippen LogP contribution in [0.4, 0.5) is 5.69 Å². The predicted molar refractivity (Wildman–Crippen MR) is 136 cm³/mol.